The summed E-state index contributed by atoms with van der Waals surface area (Å²) in [5.41, 5.74) is 0. The Morgan fingerprint density at radius 3 is 2.65 bits per heavy atom. The Morgan fingerprint density at radius 1 is 1.35 bits per heavy atom. The van der Waals surface area contributed by atoms with Gasteiger partial charge < -0.3 is 4.90 Å². The molecule has 2 saturated carbocycles. The predicted molar refractivity (Wildman–Crippen MR) is 70.9 cm³/mol. The number of nitrogens with zero attached hydrogens (tertiary/aromatic N) is 4. The standard InChI is InChI=1S/C12H18N4O3S/c1-15(2)12(17)16-7-13-11(14-16)20(18,19)10-6-8-3-4-9(10)5-8/h7-10H,3-6H2,1-2H3/t8-,9+,10-/m1/s1. The van der Waals surface area contributed by atoms with E-state index in [0.29, 0.717) is 12.3 Å². The lowest BCUT2D eigenvalue weighted by Crippen LogP contribution is -2.30. The van der Waals surface area contributed by atoms with Crippen molar-refractivity contribution >= 4 is 15.9 Å². The molecule has 2 aliphatic carbocycles. The van der Waals surface area contributed by atoms with E-state index in [1.807, 2.05) is 0 Å². The van der Waals surface area contributed by atoms with Crippen LogP contribution in [0, 0.1) is 11.8 Å². The number of rotatable bonds is 2. The fourth-order valence-electron chi connectivity index (χ4n) is 3.38. The highest BCUT2D eigenvalue weighted by molar-refractivity contribution is 7.91. The van der Waals surface area contributed by atoms with Crippen molar-refractivity contribution in [2.75, 3.05) is 14.1 Å². The summed E-state index contributed by atoms with van der Waals surface area (Å²) < 4.78 is 26.1. The summed E-state index contributed by atoms with van der Waals surface area (Å²) in [6.45, 7) is 0. The Hall–Kier alpha value is -1.44. The minimum atomic E-state index is -3.52. The zero-order valence-corrected chi connectivity index (χ0v) is 12.4. The molecule has 1 heterocycles. The molecule has 1 aromatic heterocycles. The molecular formula is C12H18N4O3S. The van der Waals surface area contributed by atoms with Crippen LogP contribution in [-0.4, -0.2) is 53.5 Å². The van der Waals surface area contributed by atoms with Crippen molar-refractivity contribution in [3.63, 3.8) is 0 Å². The number of sulfone groups is 1. The fraction of sp³-hybridized carbons (Fsp3) is 0.750. The SMILES string of the molecule is CN(C)C(=O)n1cnc(S(=O)(=O)[C@@H]2C[C@@H]3CC[C@H]2C3)n1. The van der Waals surface area contributed by atoms with Gasteiger partial charge in [-0.05, 0) is 31.1 Å². The van der Waals surface area contributed by atoms with Gasteiger partial charge >= 0.3 is 6.03 Å². The Morgan fingerprint density at radius 2 is 2.10 bits per heavy atom. The molecule has 0 N–H and O–H groups in total. The van der Waals surface area contributed by atoms with Crippen LogP contribution in [0.2, 0.25) is 0 Å². The molecule has 0 aromatic carbocycles. The summed E-state index contributed by atoms with van der Waals surface area (Å²) >= 11 is 0. The highest BCUT2D eigenvalue weighted by atomic mass is 32.2. The van der Waals surface area contributed by atoms with Crippen LogP contribution < -0.4 is 0 Å². The second-order valence-corrected chi connectivity index (χ2v) is 7.97. The van der Waals surface area contributed by atoms with Gasteiger partial charge in [0.2, 0.25) is 9.84 Å². The average molecular weight is 298 g/mol. The molecule has 20 heavy (non-hydrogen) atoms. The minimum absolute atomic E-state index is 0.217. The molecule has 2 fully saturated rings. The zero-order chi connectivity index (χ0) is 14.5. The van der Waals surface area contributed by atoms with Crippen molar-refractivity contribution in [3.8, 4) is 0 Å². The summed E-state index contributed by atoms with van der Waals surface area (Å²) in [4.78, 5) is 16.9. The number of carbonyl (C=O) groups is 1. The number of amides is 1. The van der Waals surface area contributed by atoms with Gasteiger partial charge in [-0.1, -0.05) is 6.42 Å². The van der Waals surface area contributed by atoms with Gasteiger partial charge in [0.05, 0.1) is 5.25 Å². The van der Waals surface area contributed by atoms with Crippen LogP contribution in [0.25, 0.3) is 0 Å². The molecule has 8 heteroatoms. The Bertz CT molecular complexity index is 637. The third-order valence-electron chi connectivity index (χ3n) is 4.38. The van der Waals surface area contributed by atoms with Crippen LogP contribution in [0.15, 0.2) is 11.5 Å². The van der Waals surface area contributed by atoms with Crippen molar-refractivity contribution in [1.82, 2.24) is 19.7 Å². The van der Waals surface area contributed by atoms with Gasteiger partial charge in [-0.3, -0.25) is 0 Å². The molecule has 0 aliphatic heterocycles. The second-order valence-electron chi connectivity index (χ2n) is 5.91. The summed E-state index contributed by atoms with van der Waals surface area (Å²) in [6, 6.07) is -0.410. The minimum Gasteiger partial charge on any atom is -0.329 e. The smallest absolute Gasteiger partial charge is 0.329 e. The van der Waals surface area contributed by atoms with E-state index in [2.05, 4.69) is 10.1 Å². The molecule has 0 unspecified atom stereocenters. The third kappa shape index (κ3) is 2.02. The first kappa shape index (κ1) is 13.5. The molecule has 7 nitrogen and oxygen atoms in total. The highest BCUT2D eigenvalue weighted by Gasteiger charge is 2.47. The molecule has 3 rings (SSSR count). The highest BCUT2D eigenvalue weighted by Crippen LogP contribution is 2.48. The molecule has 0 saturated heterocycles. The first-order valence-electron chi connectivity index (χ1n) is 6.77. The van der Waals surface area contributed by atoms with Crippen molar-refractivity contribution in [2.24, 2.45) is 11.8 Å². The summed E-state index contributed by atoms with van der Waals surface area (Å²) in [6.07, 6.45) is 5.00. The lowest BCUT2D eigenvalue weighted by atomic mass is 10.0. The third-order valence-corrected chi connectivity index (χ3v) is 6.45. The van der Waals surface area contributed by atoms with E-state index in [1.54, 1.807) is 14.1 Å². The number of carbonyl (C=O) groups excluding carboxylic acids is 1. The molecule has 0 radical (unpaired) electrons. The molecular weight excluding hydrogens is 280 g/mol. The number of hydrogen-bond acceptors (Lipinski definition) is 5. The van der Waals surface area contributed by atoms with Crippen LogP contribution in [0.3, 0.4) is 0 Å². The van der Waals surface area contributed by atoms with Crippen LogP contribution in [0.5, 0.6) is 0 Å². The van der Waals surface area contributed by atoms with Crippen molar-refractivity contribution in [2.45, 2.75) is 36.1 Å². The number of aromatic nitrogens is 3. The Balaban J connectivity index is 1.87. The van der Waals surface area contributed by atoms with E-state index in [-0.39, 0.29) is 16.3 Å². The van der Waals surface area contributed by atoms with Crippen molar-refractivity contribution in [3.05, 3.63) is 6.33 Å². The molecule has 2 aliphatic rings. The molecule has 3 atom stereocenters. The maximum absolute atomic E-state index is 12.6. The lowest BCUT2D eigenvalue weighted by Gasteiger charge is -2.19. The van der Waals surface area contributed by atoms with Crippen LogP contribution in [-0.2, 0) is 9.84 Å². The molecule has 110 valence electrons. The molecule has 1 aromatic rings. The normalized spacial score (nSPS) is 28.8. The molecule has 2 bridgehead atoms. The maximum Gasteiger partial charge on any atom is 0.345 e. The van der Waals surface area contributed by atoms with Gasteiger partial charge in [0.15, 0.2) is 0 Å². The first-order valence-corrected chi connectivity index (χ1v) is 8.31. The Labute approximate surface area is 117 Å². The van der Waals surface area contributed by atoms with Crippen molar-refractivity contribution in [1.29, 1.82) is 0 Å². The van der Waals surface area contributed by atoms with Crippen LogP contribution in [0.4, 0.5) is 4.79 Å². The monoisotopic (exact) mass is 298 g/mol. The molecule has 1 amide bonds. The average Bonchev–Trinajstić information content (AvgIpc) is 3.13. The lowest BCUT2D eigenvalue weighted by molar-refractivity contribution is 0.215. The van der Waals surface area contributed by atoms with Crippen molar-refractivity contribution < 1.29 is 13.2 Å². The van der Waals surface area contributed by atoms with Gasteiger partial charge in [0.25, 0.3) is 5.16 Å². The van der Waals surface area contributed by atoms with Gasteiger partial charge in [0, 0.05) is 14.1 Å². The van der Waals surface area contributed by atoms with Gasteiger partial charge in [-0.2, -0.15) is 4.68 Å². The quantitative estimate of drug-likeness (QED) is 0.805. The topological polar surface area (TPSA) is 85.2 Å². The van der Waals surface area contributed by atoms with E-state index in [4.69, 9.17) is 0 Å². The largest absolute Gasteiger partial charge is 0.345 e. The van der Waals surface area contributed by atoms with Crippen LogP contribution in [0.1, 0.15) is 25.7 Å². The maximum atomic E-state index is 12.6. The van der Waals surface area contributed by atoms with E-state index in [9.17, 15) is 13.2 Å². The van der Waals surface area contributed by atoms with E-state index in [0.717, 1.165) is 23.9 Å². The van der Waals surface area contributed by atoms with E-state index in [1.165, 1.54) is 11.2 Å². The second kappa shape index (κ2) is 4.54. The summed E-state index contributed by atoms with van der Waals surface area (Å²) in [5, 5.41) is 3.27. The predicted octanol–water partition coefficient (Wildman–Crippen LogP) is 0.770. The summed E-state index contributed by atoms with van der Waals surface area (Å²) in [5.74, 6) is 0.770. The number of hydrogen-bond donors (Lipinski definition) is 0. The van der Waals surface area contributed by atoms with Crippen LogP contribution >= 0.6 is 0 Å². The van der Waals surface area contributed by atoms with E-state index >= 15 is 0 Å². The van der Waals surface area contributed by atoms with Gasteiger partial charge in [-0.15, -0.1) is 5.10 Å². The first-order chi connectivity index (χ1) is 9.39. The fourth-order valence-corrected chi connectivity index (χ4v) is 5.32. The van der Waals surface area contributed by atoms with Gasteiger partial charge in [-0.25, -0.2) is 18.2 Å². The van der Waals surface area contributed by atoms with Gasteiger partial charge in [0.1, 0.15) is 6.33 Å². The zero-order valence-electron chi connectivity index (χ0n) is 11.6. The Kier molecular flexibility index (Phi) is 3.07. The summed E-state index contributed by atoms with van der Waals surface area (Å²) in [7, 11) is -0.367. The molecule has 0 spiro atoms. The number of fused-ring (bicyclic) bond motifs is 2. The van der Waals surface area contributed by atoms with E-state index < -0.39 is 15.9 Å².